The summed E-state index contributed by atoms with van der Waals surface area (Å²) in [7, 11) is 0. The van der Waals surface area contributed by atoms with Gasteiger partial charge in [-0.2, -0.15) is 0 Å². The Morgan fingerprint density at radius 2 is 0.733 bits per heavy atom. The van der Waals surface area contributed by atoms with Crippen LogP contribution in [-0.4, -0.2) is 23.9 Å². The fraction of sp³-hybridized carbons (Fsp3) is 0.0857. The van der Waals surface area contributed by atoms with Crippen LogP contribution < -0.4 is 32.4 Å². The fourth-order valence-corrected chi connectivity index (χ4v) is 14.4. The zero-order valence-electron chi connectivity index (χ0n) is 45.1. The lowest BCUT2D eigenvalue weighted by Crippen LogP contribution is -2.46. The molecule has 416 valence electrons. The van der Waals surface area contributed by atoms with Gasteiger partial charge in [-0.3, -0.25) is 38.4 Å². The number of ether oxygens (including phenoxy) is 4. The summed E-state index contributed by atoms with van der Waals surface area (Å²) >= 11 is 1.91. The summed E-state index contributed by atoms with van der Waals surface area (Å²) in [6.45, 7) is -1.57. The summed E-state index contributed by atoms with van der Waals surface area (Å²) in [6.07, 6.45) is 1.19. The Morgan fingerprint density at radius 1 is 0.395 bits per heavy atom. The molecule has 10 aromatic carbocycles. The summed E-state index contributed by atoms with van der Waals surface area (Å²) in [5, 5.41) is 2.38. The van der Waals surface area contributed by atoms with Crippen LogP contribution in [0.3, 0.4) is 0 Å². The summed E-state index contributed by atoms with van der Waals surface area (Å²) in [5.74, 6) is -4.96. The first kappa shape index (κ1) is 53.3. The second-order valence-corrected chi connectivity index (χ2v) is 23.0. The Bertz CT molecular complexity index is 4990. The first-order valence-corrected chi connectivity index (χ1v) is 28.9. The first-order valence-electron chi connectivity index (χ1n) is 27.2. The van der Waals surface area contributed by atoms with Crippen LogP contribution in [0.2, 0.25) is 0 Å². The van der Waals surface area contributed by atoms with E-state index in [2.05, 4.69) is 4.99 Å². The predicted molar refractivity (Wildman–Crippen MR) is 327 cm³/mol. The highest BCUT2D eigenvalue weighted by molar-refractivity contribution is 7.30. The molecule has 0 saturated carbocycles. The minimum atomic E-state index is -2.92. The van der Waals surface area contributed by atoms with Gasteiger partial charge in [0.05, 0.1) is 10.4 Å². The van der Waals surface area contributed by atoms with Gasteiger partial charge in [0.2, 0.25) is 32.5 Å². The van der Waals surface area contributed by atoms with Crippen LogP contribution in [0.4, 0.5) is 5.00 Å². The molecule has 16 heteroatoms. The van der Waals surface area contributed by atoms with Crippen molar-refractivity contribution < 1.29 is 38.1 Å². The lowest BCUT2D eigenvalue weighted by atomic mass is 9.77. The molecule has 0 saturated heterocycles. The van der Waals surface area contributed by atoms with Crippen molar-refractivity contribution >= 4 is 110 Å². The number of carbonyl (C=O) groups excluding carboxylic acids is 4. The second kappa shape index (κ2) is 21.2. The van der Waals surface area contributed by atoms with E-state index in [1.165, 1.54) is 6.08 Å². The lowest BCUT2D eigenvalue weighted by Gasteiger charge is -2.29. The van der Waals surface area contributed by atoms with Gasteiger partial charge in [0, 0.05) is 42.3 Å². The Kier molecular flexibility index (Phi) is 13.1. The number of nitrogens with zero attached hydrogens (tertiary/aromatic N) is 2. The molecule has 0 atom stereocenters. The van der Waals surface area contributed by atoms with Crippen LogP contribution in [0.5, 0.6) is 0 Å². The smallest absolute Gasteiger partial charge is 0.334 e. The Morgan fingerprint density at radius 3 is 1.10 bits per heavy atom. The maximum atomic E-state index is 16.2. The van der Waals surface area contributed by atoms with E-state index in [0.717, 1.165) is 33.4 Å². The largest absolute Gasteiger partial charge is 0.459 e. The number of hydrogen-bond donors (Lipinski definition) is 0. The van der Waals surface area contributed by atoms with E-state index in [4.69, 9.17) is 23.9 Å². The molecule has 0 aliphatic heterocycles. The van der Waals surface area contributed by atoms with E-state index in [1.54, 1.807) is 176 Å². The fourth-order valence-electron chi connectivity index (χ4n) is 11.6. The average Bonchev–Trinajstić information content (AvgIpc) is 1.51. The molecule has 0 amide bonds. The van der Waals surface area contributed by atoms with Crippen molar-refractivity contribution in [2.24, 2.45) is 15.4 Å². The molecular weight excluding hydrogens is 1120 g/mol. The Hall–Kier alpha value is -10.7. The van der Waals surface area contributed by atoms with E-state index in [0.29, 0.717) is 37.7 Å². The number of thiophene rings is 2. The number of allylic oxidation sites excluding steroid dienone is 1. The number of hydrogen-bond acceptors (Lipinski definition) is 16. The number of carbonyl (C=O) groups is 4. The molecule has 0 radical (unpaired) electrons. The zero-order valence-corrected chi connectivity index (χ0v) is 46.7. The summed E-state index contributed by atoms with van der Waals surface area (Å²) in [5.41, 5.74) is -7.62. The van der Waals surface area contributed by atoms with Crippen LogP contribution in [0.25, 0.3) is 58.1 Å². The Labute approximate surface area is 494 Å². The topological polar surface area (TPSA) is 198 Å². The molecular formula is C70H42N2O12S2. The molecule has 0 spiro atoms. The number of fused-ring (bicyclic) bond motifs is 8. The molecule has 0 unspecified atom stereocenters. The third-order valence-electron chi connectivity index (χ3n) is 15.8. The predicted octanol–water partition coefficient (Wildman–Crippen LogP) is 10.5. The maximum absolute atomic E-state index is 16.2. The summed E-state index contributed by atoms with van der Waals surface area (Å²) in [6, 6.07) is 57.2. The van der Waals surface area contributed by atoms with Crippen molar-refractivity contribution in [1.82, 2.24) is 0 Å². The van der Waals surface area contributed by atoms with Crippen molar-refractivity contribution in [3.8, 4) is 0 Å². The normalized spacial score (nSPS) is 13.9. The third-order valence-corrected chi connectivity index (χ3v) is 18.1. The van der Waals surface area contributed by atoms with Gasteiger partial charge in [-0.25, -0.2) is 9.98 Å². The molecule has 14 nitrogen and oxygen atoms in total. The minimum Gasteiger partial charge on any atom is -0.459 e. The molecule has 0 N–H and O–H groups in total. The van der Waals surface area contributed by atoms with Crippen molar-refractivity contribution in [2.75, 3.05) is 0 Å². The molecule has 0 fully saturated rings. The van der Waals surface area contributed by atoms with Gasteiger partial charge in [-0.05, 0) is 85.8 Å². The molecule has 12 aromatic rings. The van der Waals surface area contributed by atoms with Crippen LogP contribution in [0, 0.1) is 5.41 Å². The number of rotatable bonds is 14. The molecule has 2 heterocycles. The zero-order chi connectivity index (χ0) is 58.8. The van der Waals surface area contributed by atoms with E-state index in [9.17, 15) is 19.2 Å². The van der Waals surface area contributed by atoms with Gasteiger partial charge >= 0.3 is 23.9 Å². The van der Waals surface area contributed by atoms with Crippen LogP contribution in [0.15, 0.2) is 247 Å². The number of benzene rings is 8. The second-order valence-electron chi connectivity index (χ2n) is 20.9. The highest BCUT2D eigenvalue weighted by Crippen LogP contribution is 2.66. The molecule has 2 aliphatic carbocycles. The average molecular weight is 1170 g/mol. The lowest BCUT2D eigenvalue weighted by molar-refractivity contribution is -0.167. The number of esters is 4. The molecule has 2 aromatic heterocycles. The van der Waals surface area contributed by atoms with Crippen LogP contribution >= 0.6 is 22.7 Å². The van der Waals surface area contributed by atoms with E-state index < -0.39 is 80.7 Å². The molecule has 86 heavy (non-hydrogen) atoms. The minimum absolute atomic E-state index is 0.0252. The first-order chi connectivity index (χ1) is 41.9. The van der Waals surface area contributed by atoms with E-state index in [1.807, 2.05) is 24.3 Å². The van der Waals surface area contributed by atoms with Crippen molar-refractivity contribution in [3.05, 3.63) is 302 Å². The van der Waals surface area contributed by atoms with Gasteiger partial charge in [-0.15, -0.1) is 22.7 Å². The highest BCUT2D eigenvalue weighted by Gasteiger charge is 2.71. The van der Waals surface area contributed by atoms with Crippen molar-refractivity contribution in [3.63, 3.8) is 0 Å². The van der Waals surface area contributed by atoms with Gasteiger partial charge in [0.15, 0.2) is 10.7 Å². The monoisotopic (exact) mass is 1170 g/mol. The van der Waals surface area contributed by atoms with Gasteiger partial charge < -0.3 is 18.9 Å². The summed E-state index contributed by atoms with van der Waals surface area (Å²) in [4.78, 5) is 132. The SMILES string of the molecule is O=C(OCc1ccccc1)C1(C(=O)OCc2ccccc2)C(N=c2c(=O)c3cc4ccccc4cc3c2=O)=CC2=C1c1sc3cc(N=c4c(=O)c5cc6ccccc6cc5c4=O)sc3c1C2(C(=O)OCc1ccccc1)C(=O)OCc1ccccc1. The molecule has 2 aliphatic rings. The van der Waals surface area contributed by atoms with Gasteiger partial charge in [-0.1, -0.05) is 170 Å². The highest BCUT2D eigenvalue weighted by atomic mass is 32.1. The standard InChI is InChI=1S/C70H42N2O12S2/c73-59-47-29-43-25-13-14-26-44(43)30-48(47)60(74)57(59)71-53-33-51-55(70(53,67(79)83-37-41-21-9-3-10-22-41)68(80)84-38-42-23-11-4-12-24-42)64-56(69(51,65(77)81-35-39-17-5-1-6-18-39)66(78)82-36-40-19-7-2-8-20-40)63-52(85-64)34-54(86-63)72-58-61(75)49-31-45-27-15-16-28-46(45)32-50(49)62(58)76/h1-34H,35-38H2. The van der Waals surface area contributed by atoms with E-state index in [-0.39, 0.29) is 71.4 Å². The van der Waals surface area contributed by atoms with Crippen molar-refractivity contribution in [1.29, 1.82) is 0 Å². The molecule has 0 bridgehead atoms. The summed E-state index contributed by atoms with van der Waals surface area (Å²) < 4.78 is 25.6. The van der Waals surface area contributed by atoms with Crippen molar-refractivity contribution in [2.45, 2.75) is 31.8 Å². The van der Waals surface area contributed by atoms with Gasteiger partial charge in [0.1, 0.15) is 31.4 Å². The van der Waals surface area contributed by atoms with Gasteiger partial charge in [0.25, 0.3) is 0 Å². The van der Waals surface area contributed by atoms with E-state index >= 15 is 19.2 Å². The quantitative estimate of drug-likeness (QED) is 0.0568. The third kappa shape index (κ3) is 8.59. The molecule has 14 rings (SSSR count). The van der Waals surface area contributed by atoms with Crippen LogP contribution in [-0.2, 0) is 70.0 Å². The maximum Gasteiger partial charge on any atom is 0.334 e. The Balaban J connectivity index is 1.06. The van der Waals surface area contributed by atoms with Crippen LogP contribution in [0.1, 0.15) is 32.7 Å².